The maximum atomic E-state index is 10.8. The summed E-state index contributed by atoms with van der Waals surface area (Å²) in [6.45, 7) is 3.82. The lowest BCUT2D eigenvalue weighted by Gasteiger charge is -2.28. The van der Waals surface area contributed by atoms with E-state index in [1.54, 1.807) is 0 Å². The van der Waals surface area contributed by atoms with Crippen molar-refractivity contribution in [1.29, 1.82) is 0 Å². The number of ether oxygens (including phenoxy) is 2. The average Bonchev–Trinajstić information content (AvgIpc) is 2.24. The van der Waals surface area contributed by atoms with Gasteiger partial charge in [0, 0.05) is 19.1 Å². The lowest BCUT2D eigenvalue weighted by molar-refractivity contribution is -0.140. The quantitative estimate of drug-likeness (QED) is 0.551. The zero-order valence-electron chi connectivity index (χ0n) is 9.62. The van der Waals surface area contributed by atoms with Crippen molar-refractivity contribution in [2.45, 2.75) is 44.8 Å². The van der Waals surface area contributed by atoms with E-state index in [1.165, 1.54) is 7.11 Å². The molecule has 0 radical (unpaired) electrons. The first-order chi connectivity index (χ1) is 7.22. The van der Waals surface area contributed by atoms with Crippen LogP contribution in [0.2, 0.25) is 0 Å². The molecular formula is C11H21NO3. The Balaban J connectivity index is 2.02. The molecule has 0 spiro atoms. The van der Waals surface area contributed by atoms with Crippen molar-refractivity contribution < 1.29 is 14.3 Å². The highest BCUT2D eigenvalue weighted by atomic mass is 16.5. The fourth-order valence-corrected chi connectivity index (χ4v) is 1.82. The highest BCUT2D eigenvalue weighted by Crippen LogP contribution is 2.12. The van der Waals surface area contributed by atoms with E-state index in [4.69, 9.17) is 4.74 Å². The summed E-state index contributed by atoms with van der Waals surface area (Å²) >= 11 is 0. The predicted octanol–water partition coefficient (Wildman–Crippen LogP) is 1.10. The molecule has 1 heterocycles. The van der Waals surface area contributed by atoms with Crippen molar-refractivity contribution in [2.75, 3.05) is 20.3 Å². The first kappa shape index (κ1) is 12.5. The Hall–Kier alpha value is -0.610. The minimum Gasteiger partial charge on any atom is -0.469 e. The van der Waals surface area contributed by atoms with Gasteiger partial charge in [0.15, 0.2) is 0 Å². The van der Waals surface area contributed by atoms with Crippen LogP contribution in [0.15, 0.2) is 0 Å². The van der Waals surface area contributed by atoms with Crippen LogP contribution in [0.25, 0.3) is 0 Å². The molecule has 1 rings (SSSR count). The van der Waals surface area contributed by atoms with E-state index in [9.17, 15) is 4.79 Å². The number of carbonyl (C=O) groups excluding carboxylic acids is 1. The van der Waals surface area contributed by atoms with Gasteiger partial charge in [0.2, 0.25) is 0 Å². The van der Waals surface area contributed by atoms with Crippen molar-refractivity contribution in [3.05, 3.63) is 0 Å². The number of hydrogen-bond donors (Lipinski definition) is 1. The van der Waals surface area contributed by atoms with E-state index in [0.717, 1.165) is 32.4 Å². The van der Waals surface area contributed by atoms with E-state index in [0.29, 0.717) is 18.6 Å². The number of carbonyl (C=O) groups is 1. The van der Waals surface area contributed by atoms with Gasteiger partial charge in [-0.3, -0.25) is 4.79 Å². The largest absolute Gasteiger partial charge is 0.469 e. The summed E-state index contributed by atoms with van der Waals surface area (Å²) in [7, 11) is 1.43. The number of esters is 1. The lowest BCUT2D eigenvalue weighted by atomic mass is 10.0. The summed E-state index contributed by atoms with van der Waals surface area (Å²) in [4.78, 5) is 10.8. The van der Waals surface area contributed by atoms with Crippen LogP contribution >= 0.6 is 0 Å². The minimum atomic E-state index is -0.128. The van der Waals surface area contributed by atoms with Gasteiger partial charge in [0.25, 0.3) is 0 Å². The summed E-state index contributed by atoms with van der Waals surface area (Å²) in [5.41, 5.74) is 0. The molecule has 4 nitrogen and oxygen atoms in total. The molecule has 15 heavy (non-hydrogen) atoms. The Labute approximate surface area is 91.3 Å². The topological polar surface area (TPSA) is 47.6 Å². The molecule has 1 saturated heterocycles. The zero-order chi connectivity index (χ0) is 11.1. The molecule has 0 aromatic carbocycles. The maximum absolute atomic E-state index is 10.8. The fourth-order valence-electron chi connectivity index (χ4n) is 1.82. The Morgan fingerprint density at radius 2 is 2.40 bits per heavy atom. The second-order valence-electron chi connectivity index (χ2n) is 4.04. The molecule has 1 fully saturated rings. The van der Waals surface area contributed by atoms with E-state index >= 15 is 0 Å². The van der Waals surface area contributed by atoms with Gasteiger partial charge in [0.1, 0.15) is 0 Å². The summed E-state index contributed by atoms with van der Waals surface area (Å²) in [5, 5.41) is 3.44. The van der Waals surface area contributed by atoms with Crippen LogP contribution in [-0.2, 0) is 14.3 Å². The van der Waals surface area contributed by atoms with Crippen molar-refractivity contribution in [3.63, 3.8) is 0 Å². The van der Waals surface area contributed by atoms with E-state index in [1.807, 2.05) is 0 Å². The van der Waals surface area contributed by atoms with Crippen LogP contribution in [0.1, 0.15) is 32.6 Å². The van der Waals surface area contributed by atoms with E-state index in [-0.39, 0.29) is 5.97 Å². The van der Waals surface area contributed by atoms with Crippen LogP contribution in [0, 0.1) is 0 Å². The van der Waals surface area contributed by atoms with Gasteiger partial charge < -0.3 is 14.8 Å². The second-order valence-corrected chi connectivity index (χ2v) is 4.04. The Morgan fingerprint density at radius 3 is 3.07 bits per heavy atom. The van der Waals surface area contributed by atoms with Gasteiger partial charge >= 0.3 is 5.97 Å². The van der Waals surface area contributed by atoms with Gasteiger partial charge in [0.05, 0.1) is 13.2 Å². The Morgan fingerprint density at radius 1 is 1.60 bits per heavy atom. The molecule has 0 bridgehead atoms. The third kappa shape index (κ3) is 5.14. The SMILES string of the molecule is COC(=O)CCCNC1CCOC(C)C1. The summed E-state index contributed by atoms with van der Waals surface area (Å²) in [6.07, 6.45) is 3.85. The van der Waals surface area contributed by atoms with E-state index in [2.05, 4.69) is 17.0 Å². The summed E-state index contributed by atoms with van der Waals surface area (Å²) in [5.74, 6) is -0.128. The number of nitrogens with one attached hydrogen (secondary N) is 1. The molecule has 2 unspecified atom stereocenters. The first-order valence-corrected chi connectivity index (χ1v) is 5.64. The first-order valence-electron chi connectivity index (χ1n) is 5.64. The fraction of sp³-hybridized carbons (Fsp3) is 0.909. The van der Waals surface area contributed by atoms with Gasteiger partial charge in [-0.1, -0.05) is 0 Å². The number of hydrogen-bond acceptors (Lipinski definition) is 4. The Bertz CT molecular complexity index is 196. The molecule has 1 aliphatic rings. The van der Waals surface area contributed by atoms with Gasteiger partial charge in [-0.05, 0) is 32.7 Å². The van der Waals surface area contributed by atoms with Crippen molar-refractivity contribution in [3.8, 4) is 0 Å². The minimum absolute atomic E-state index is 0.128. The standard InChI is InChI=1S/C11H21NO3/c1-9-8-10(5-7-15-9)12-6-3-4-11(13)14-2/h9-10,12H,3-8H2,1-2H3. The molecule has 0 aromatic rings. The van der Waals surface area contributed by atoms with Crippen LogP contribution < -0.4 is 5.32 Å². The molecule has 4 heteroatoms. The normalized spacial score (nSPS) is 26.3. The smallest absolute Gasteiger partial charge is 0.305 e. The Kier molecular flexibility index (Phi) is 5.65. The molecule has 1 aliphatic heterocycles. The van der Waals surface area contributed by atoms with Crippen LogP contribution in [0.5, 0.6) is 0 Å². The van der Waals surface area contributed by atoms with Crippen molar-refractivity contribution in [1.82, 2.24) is 5.32 Å². The molecule has 0 amide bonds. The summed E-state index contributed by atoms with van der Waals surface area (Å²) < 4.78 is 10.0. The molecule has 2 atom stereocenters. The average molecular weight is 215 g/mol. The van der Waals surface area contributed by atoms with Crippen LogP contribution in [-0.4, -0.2) is 38.4 Å². The van der Waals surface area contributed by atoms with Gasteiger partial charge in [-0.2, -0.15) is 0 Å². The van der Waals surface area contributed by atoms with Gasteiger partial charge in [-0.25, -0.2) is 0 Å². The van der Waals surface area contributed by atoms with Crippen molar-refractivity contribution in [2.24, 2.45) is 0 Å². The maximum Gasteiger partial charge on any atom is 0.305 e. The zero-order valence-corrected chi connectivity index (χ0v) is 9.62. The third-order valence-electron chi connectivity index (χ3n) is 2.70. The molecule has 0 saturated carbocycles. The second kappa shape index (κ2) is 6.80. The lowest BCUT2D eigenvalue weighted by Crippen LogP contribution is -2.38. The highest BCUT2D eigenvalue weighted by molar-refractivity contribution is 5.69. The van der Waals surface area contributed by atoms with E-state index < -0.39 is 0 Å². The van der Waals surface area contributed by atoms with Crippen molar-refractivity contribution >= 4 is 5.97 Å². The van der Waals surface area contributed by atoms with Gasteiger partial charge in [-0.15, -0.1) is 0 Å². The van der Waals surface area contributed by atoms with Crippen LogP contribution in [0.3, 0.4) is 0 Å². The molecule has 1 N–H and O–H groups in total. The molecule has 88 valence electrons. The molecule has 0 aliphatic carbocycles. The number of rotatable bonds is 5. The third-order valence-corrected chi connectivity index (χ3v) is 2.70. The molecule has 0 aromatic heterocycles. The molecular weight excluding hydrogens is 194 g/mol. The highest BCUT2D eigenvalue weighted by Gasteiger charge is 2.18. The number of methoxy groups -OCH3 is 1. The predicted molar refractivity (Wildman–Crippen MR) is 57.7 cm³/mol. The van der Waals surface area contributed by atoms with Crippen LogP contribution in [0.4, 0.5) is 0 Å². The summed E-state index contributed by atoms with van der Waals surface area (Å²) in [6, 6.07) is 0.548. The monoisotopic (exact) mass is 215 g/mol.